The molecule has 0 bridgehead atoms. The number of para-hydroxylation sites is 1. The van der Waals surface area contributed by atoms with Gasteiger partial charge in [0.15, 0.2) is 0 Å². The minimum atomic E-state index is -0.281. The van der Waals surface area contributed by atoms with Gasteiger partial charge in [-0.25, -0.2) is 4.79 Å². The summed E-state index contributed by atoms with van der Waals surface area (Å²) in [6.45, 7) is 2.12. The van der Waals surface area contributed by atoms with Crippen LogP contribution in [-0.2, 0) is 4.74 Å². The molecule has 106 valence electrons. The van der Waals surface area contributed by atoms with Crippen LogP contribution in [0.3, 0.4) is 0 Å². The molecular formula is C14H20ClNO3. The van der Waals surface area contributed by atoms with Crippen molar-refractivity contribution in [3.05, 3.63) is 29.8 Å². The number of piperidine rings is 1. The van der Waals surface area contributed by atoms with E-state index in [1.807, 2.05) is 12.1 Å². The monoisotopic (exact) mass is 285 g/mol. The summed E-state index contributed by atoms with van der Waals surface area (Å²) in [4.78, 5) is 13.6. The first-order valence-corrected chi connectivity index (χ1v) is 6.36. The van der Waals surface area contributed by atoms with Crippen LogP contribution in [0.15, 0.2) is 24.3 Å². The highest BCUT2D eigenvalue weighted by Gasteiger charge is 2.24. The van der Waals surface area contributed by atoms with Crippen LogP contribution in [0.4, 0.5) is 0 Å². The van der Waals surface area contributed by atoms with Crippen LogP contribution in [0.2, 0.25) is 0 Å². The van der Waals surface area contributed by atoms with Crippen LogP contribution in [0.25, 0.3) is 0 Å². The number of carbonyl (C=O) groups is 1. The van der Waals surface area contributed by atoms with Gasteiger partial charge in [-0.05, 0) is 12.1 Å². The number of methoxy groups -OCH3 is 1. The van der Waals surface area contributed by atoms with Gasteiger partial charge < -0.3 is 26.8 Å². The topological polar surface area (TPSA) is 40.0 Å². The molecule has 0 aromatic heterocycles. The van der Waals surface area contributed by atoms with Crippen LogP contribution in [-0.4, -0.2) is 39.3 Å². The molecule has 0 unspecified atom stereocenters. The quantitative estimate of drug-likeness (QED) is 0.626. The molecule has 1 aliphatic heterocycles. The molecule has 0 radical (unpaired) electrons. The summed E-state index contributed by atoms with van der Waals surface area (Å²) in [5.41, 5.74) is 0.506. The summed E-state index contributed by atoms with van der Waals surface area (Å²) in [5, 5.41) is 0. The first-order valence-electron chi connectivity index (χ1n) is 6.36. The lowest BCUT2D eigenvalue weighted by Gasteiger charge is -2.26. The van der Waals surface area contributed by atoms with Crippen molar-refractivity contribution in [3.8, 4) is 5.75 Å². The van der Waals surface area contributed by atoms with Crippen LogP contribution in [0, 0.1) is 0 Å². The molecule has 1 saturated heterocycles. The summed E-state index contributed by atoms with van der Waals surface area (Å²) < 4.78 is 10.7. The van der Waals surface area contributed by atoms with Gasteiger partial charge in [0.25, 0.3) is 0 Å². The Morgan fingerprint density at radius 3 is 2.53 bits per heavy atom. The van der Waals surface area contributed by atoms with E-state index in [4.69, 9.17) is 9.47 Å². The van der Waals surface area contributed by atoms with Crippen molar-refractivity contribution in [2.45, 2.75) is 18.9 Å². The van der Waals surface area contributed by atoms with Crippen molar-refractivity contribution in [3.63, 3.8) is 0 Å². The summed E-state index contributed by atoms with van der Waals surface area (Å²) in [6.07, 6.45) is 1.92. The molecule has 1 N–H and O–H groups in total. The Morgan fingerprint density at radius 2 is 1.89 bits per heavy atom. The van der Waals surface area contributed by atoms with Crippen molar-refractivity contribution < 1.29 is 31.6 Å². The molecule has 0 aliphatic carbocycles. The normalized spacial score (nSPS) is 22.2. The average Bonchev–Trinajstić information content (AvgIpc) is 2.41. The molecule has 0 spiro atoms. The minimum Gasteiger partial charge on any atom is -1.00 e. The maximum Gasteiger partial charge on any atom is 0.342 e. The van der Waals surface area contributed by atoms with E-state index >= 15 is 0 Å². The third-order valence-electron chi connectivity index (χ3n) is 3.39. The largest absolute Gasteiger partial charge is 1.00 e. The molecule has 0 atom stereocenters. The summed E-state index contributed by atoms with van der Waals surface area (Å²) in [7, 11) is 3.73. The first kappa shape index (κ1) is 15.8. The number of benzene rings is 1. The Bertz CT molecular complexity index is 417. The number of quaternary nitrogens is 1. The van der Waals surface area contributed by atoms with Gasteiger partial charge in [0, 0.05) is 12.8 Å². The maximum atomic E-state index is 12.1. The molecule has 4 nitrogen and oxygen atoms in total. The molecule has 1 aromatic carbocycles. The summed E-state index contributed by atoms with van der Waals surface area (Å²) >= 11 is 0. The van der Waals surface area contributed by atoms with Crippen molar-refractivity contribution in [1.29, 1.82) is 0 Å². The van der Waals surface area contributed by atoms with Crippen LogP contribution in [0.5, 0.6) is 5.75 Å². The number of rotatable bonds is 3. The Morgan fingerprint density at radius 1 is 1.26 bits per heavy atom. The van der Waals surface area contributed by atoms with Gasteiger partial charge in [-0.15, -0.1) is 0 Å². The van der Waals surface area contributed by atoms with Crippen molar-refractivity contribution >= 4 is 5.97 Å². The molecule has 0 amide bonds. The van der Waals surface area contributed by atoms with E-state index in [-0.39, 0.29) is 24.5 Å². The van der Waals surface area contributed by atoms with Gasteiger partial charge in [-0.3, -0.25) is 0 Å². The highest BCUT2D eigenvalue weighted by molar-refractivity contribution is 5.92. The molecule has 1 heterocycles. The third kappa shape index (κ3) is 4.11. The molecule has 0 saturated carbocycles. The smallest absolute Gasteiger partial charge is 0.342 e. The fourth-order valence-corrected chi connectivity index (χ4v) is 2.23. The SMILES string of the molecule is COc1ccccc1C(=O)OC1CC[NH+](C)CC1.[Cl-]. The minimum absolute atomic E-state index is 0. The Balaban J connectivity index is 0.00000180. The first-order chi connectivity index (χ1) is 8.70. The highest BCUT2D eigenvalue weighted by Crippen LogP contribution is 2.19. The van der Waals surface area contributed by atoms with Crippen molar-refractivity contribution in [2.75, 3.05) is 27.2 Å². The van der Waals surface area contributed by atoms with Gasteiger partial charge >= 0.3 is 5.97 Å². The van der Waals surface area contributed by atoms with E-state index in [0.717, 1.165) is 25.9 Å². The second kappa shape index (κ2) is 7.36. The standard InChI is InChI=1S/C14H19NO3.ClH/c1-15-9-7-11(8-10-15)18-14(16)12-5-3-4-6-13(12)17-2;/h3-6,11H,7-10H2,1-2H3;1H. The van der Waals surface area contributed by atoms with E-state index in [1.54, 1.807) is 19.2 Å². The van der Waals surface area contributed by atoms with Crippen molar-refractivity contribution in [2.24, 2.45) is 0 Å². The van der Waals surface area contributed by atoms with Gasteiger partial charge in [-0.1, -0.05) is 12.1 Å². The molecule has 1 fully saturated rings. The number of esters is 1. The zero-order valence-corrected chi connectivity index (χ0v) is 12.1. The zero-order chi connectivity index (χ0) is 13.0. The Kier molecular flexibility index (Phi) is 6.12. The molecule has 1 aliphatic rings. The van der Waals surface area contributed by atoms with E-state index in [0.29, 0.717) is 11.3 Å². The van der Waals surface area contributed by atoms with Crippen LogP contribution >= 0.6 is 0 Å². The maximum absolute atomic E-state index is 12.1. The molecule has 1 aromatic rings. The Labute approximate surface area is 120 Å². The van der Waals surface area contributed by atoms with Crippen LogP contribution in [0.1, 0.15) is 23.2 Å². The molecule has 19 heavy (non-hydrogen) atoms. The third-order valence-corrected chi connectivity index (χ3v) is 3.39. The van der Waals surface area contributed by atoms with E-state index < -0.39 is 0 Å². The fraction of sp³-hybridized carbons (Fsp3) is 0.500. The van der Waals surface area contributed by atoms with Gasteiger partial charge in [0.05, 0.1) is 27.2 Å². The number of hydrogen-bond donors (Lipinski definition) is 1. The predicted octanol–water partition coefficient (Wildman–Crippen LogP) is -2.47. The van der Waals surface area contributed by atoms with Gasteiger partial charge in [0.2, 0.25) is 0 Å². The number of halogens is 1. The van der Waals surface area contributed by atoms with Gasteiger partial charge in [-0.2, -0.15) is 0 Å². The van der Waals surface area contributed by atoms with E-state index in [9.17, 15) is 4.79 Å². The highest BCUT2D eigenvalue weighted by atomic mass is 35.5. The summed E-state index contributed by atoms with van der Waals surface area (Å²) in [6, 6.07) is 7.17. The average molecular weight is 286 g/mol. The number of ether oxygens (including phenoxy) is 2. The number of carbonyl (C=O) groups excluding carboxylic acids is 1. The molecule has 2 rings (SSSR count). The zero-order valence-electron chi connectivity index (χ0n) is 11.3. The number of nitrogens with one attached hydrogen (secondary N) is 1. The summed E-state index contributed by atoms with van der Waals surface area (Å²) in [5.74, 6) is 0.290. The number of hydrogen-bond acceptors (Lipinski definition) is 3. The van der Waals surface area contributed by atoms with Crippen molar-refractivity contribution in [1.82, 2.24) is 0 Å². The predicted molar refractivity (Wildman–Crippen MR) is 68.1 cm³/mol. The van der Waals surface area contributed by atoms with Gasteiger partial charge in [0.1, 0.15) is 17.4 Å². The van der Waals surface area contributed by atoms with E-state index in [2.05, 4.69) is 7.05 Å². The van der Waals surface area contributed by atoms with Crippen LogP contribution < -0.4 is 22.0 Å². The lowest BCUT2D eigenvalue weighted by molar-refractivity contribution is -0.885. The second-order valence-corrected chi connectivity index (χ2v) is 4.76. The lowest BCUT2D eigenvalue weighted by atomic mass is 10.1. The second-order valence-electron chi connectivity index (χ2n) is 4.76. The number of likely N-dealkylation sites (tertiary alicyclic amines) is 1. The molecular weight excluding hydrogens is 266 g/mol. The Hall–Kier alpha value is -1.26. The lowest BCUT2D eigenvalue weighted by Crippen LogP contribution is -3.10. The molecule has 5 heteroatoms. The van der Waals surface area contributed by atoms with E-state index in [1.165, 1.54) is 4.90 Å². The fourth-order valence-electron chi connectivity index (χ4n) is 2.23.